The van der Waals surface area contributed by atoms with Crippen LogP contribution >= 0.6 is 0 Å². The minimum atomic E-state index is -0.444. The van der Waals surface area contributed by atoms with Gasteiger partial charge in [0, 0.05) is 24.2 Å². The molecule has 0 atom stereocenters. The van der Waals surface area contributed by atoms with Gasteiger partial charge in [-0.25, -0.2) is 4.39 Å². The van der Waals surface area contributed by atoms with Gasteiger partial charge in [0.1, 0.15) is 0 Å². The molecule has 21 heavy (non-hydrogen) atoms. The molecule has 0 bridgehead atoms. The molecule has 1 N–H and O–H groups in total. The number of carbonyl (C=O) groups excluding carboxylic acids is 1. The molecule has 1 aliphatic heterocycles. The number of carbonyl (C=O) groups is 1. The van der Waals surface area contributed by atoms with Crippen molar-refractivity contribution in [3.05, 3.63) is 58.9 Å². The van der Waals surface area contributed by atoms with Crippen molar-refractivity contribution in [2.45, 2.75) is 12.8 Å². The third kappa shape index (κ3) is 2.75. The molecule has 0 amide bonds. The Bertz CT molecular complexity index is 697. The number of nitrogens with one attached hydrogen (secondary N) is 1. The van der Waals surface area contributed by atoms with E-state index in [9.17, 15) is 9.18 Å². The van der Waals surface area contributed by atoms with Gasteiger partial charge < -0.3 is 10.1 Å². The summed E-state index contributed by atoms with van der Waals surface area (Å²) >= 11 is 0. The van der Waals surface area contributed by atoms with E-state index in [4.69, 9.17) is 4.74 Å². The van der Waals surface area contributed by atoms with Crippen LogP contribution in [-0.2, 0) is 12.8 Å². The standard InChI is InChI=1S/C17H16FNO2/c1-21-17-5-2-11(8-14(17)18)9-16(20)13-3-4-15-12(10-13)6-7-19-15/h2-5,8,10,19H,6-7,9H2,1H3. The number of benzene rings is 2. The summed E-state index contributed by atoms with van der Waals surface area (Å²) in [6.45, 7) is 0.913. The van der Waals surface area contributed by atoms with Crippen LogP contribution in [0.5, 0.6) is 5.75 Å². The summed E-state index contributed by atoms with van der Waals surface area (Å²) < 4.78 is 18.5. The molecule has 0 aromatic heterocycles. The largest absolute Gasteiger partial charge is 0.494 e. The SMILES string of the molecule is COc1ccc(CC(=O)c2ccc3c(c2)CCN3)cc1F. The topological polar surface area (TPSA) is 38.3 Å². The van der Waals surface area contributed by atoms with Crippen molar-refractivity contribution in [2.75, 3.05) is 19.0 Å². The minimum absolute atomic E-state index is 0.00531. The highest BCUT2D eigenvalue weighted by atomic mass is 19.1. The summed E-state index contributed by atoms with van der Waals surface area (Å²) in [5.74, 6) is -0.259. The number of fused-ring (bicyclic) bond motifs is 1. The van der Waals surface area contributed by atoms with Gasteiger partial charge >= 0.3 is 0 Å². The predicted octanol–water partition coefficient (Wildman–Crippen LogP) is 3.23. The average Bonchev–Trinajstić information content (AvgIpc) is 2.94. The zero-order valence-electron chi connectivity index (χ0n) is 11.8. The smallest absolute Gasteiger partial charge is 0.167 e. The van der Waals surface area contributed by atoms with Gasteiger partial charge in [-0.15, -0.1) is 0 Å². The number of halogens is 1. The maximum Gasteiger partial charge on any atom is 0.167 e. The summed E-state index contributed by atoms with van der Waals surface area (Å²) in [6.07, 6.45) is 1.13. The summed E-state index contributed by atoms with van der Waals surface area (Å²) in [4.78, 5) is 12.3. The van der Waals surface area contributed by atoms with E-state index in [0.717, 1.165) is 18.7 Å². The first kappa shape index (κ1) is 13.6. The Balaban J connectivity index is 1.78. The van der Waals surface area contributed by atoms with Crippen molar-refractivity contribution < 1.29 is 13.9 Å². The van der Waals surface area contributed by atoms with E-state index < -0.39 is 5.82 Å². The molecular weight excluding hydrogens is 269 g/mol. The molecule has 0 spiro atoms. The van der Waals surface area contributed by atoms with E-state index in [1.54, 1.807) is 12.1 Å². The molecule has 2 aromatic rings. The molecule has 4 heteroatoms. The molecule has 1 heterocycles. The van der Waals surface area contributed by atoms with E-state index >= 15 is 0 Å². The molecular formula is C17H16FNO2. The van der Waals surface area contributed by atoms with Gasteiger partial charge in [0.05, 0.1) is 7.11 Å². The van der Waals surface area contributed by atoms with Crippen LogP contribution in [0, 0.1) is 5.82 Å². The van der Waals surface area contributed by atoms with Gasteiger partial charge in [-0.3, -0.25) is 4.79 Å². The lowest BCUT2D eigenvalue weighted by molar-refractivity contribution is 0.0993. The fraction of sp³-hybridized carbons (Fsp3) is 0.235. The summed E-state index contributed by atoms with van der Waals surface area (Å²) in [5, 5.41) is 3.26. The third-order valence-corrected chi connectivity index (χ3v) is 3.72. The number of methoxy groups -OCH3 is 1. The fourth-order valence-electron chi connectivity index (χ4n) is 2.59. The molecule has 3 nitrogen and oxygen atoms in total. The molecule has 1 aliphatic rings. The van der Waals surface area contributed by atoms with Crippen molar-refractivity contribution in [3.63, 3.8) is 0 Å². The van der Waals surface area contributed by atoms with Gasteiger partial charge in [0.2, 0.25) is 0 Å². The first-order valence-corrected chi connectivity index (χ1v) is 6.90. The molecule has 0 radical (unpaired) electrons. The maximum absolute atomic E-state index is 13.6. The van der Waals surface area contributed by atoms with Crippen LogP contribution in [0.1, 0.15) is 21.5 Å². The Labute approximate surface area is 122 Å². The third-order valence-electron chi connectivity index (χ3n) is 3.72. The van der Waals surface area contributed by atoms with Crippen LogP contribution in [0.2, 0.25) is 0 Å². The van der Waals surface area contributed by atoms with Gasteiger partial charge in [0.15, 0.2) is 17.3 Å². The lowest BCUT2D eigenvalue weighted by Gasteiger charge is -2.06. The molecule has 0 saturated heterocycles. The van der Waals surface area contributed by atoms with Gasteiger partial charge in [0.25, 0.3) is 0 Å². The first-order chi connectivity index (χ1) is 10.2. The Kier molecular flexibility index (Phi) is 3.60. The van der Waals surface area contributed by atoms with Crippen LogP contribution in [0.25, 0.3) is 0 Å². The van der Waals surface area contributed by atoms with Crippen molar-refractivity contribution in [1.82, 2.24) is 0 Å². The highest BCUT2D eigenvalue weighted by molar-refractivity contribution is 5.98. The number of ether oxygens (including phenoxy) is 1. The monoisotopic (exact) mass is 285 g/mol. The second-order valence-corrected chi connectivity index (χ2v) is 5.12. The lowest BCUT2D eigenvalue weighted by atomic mass is 10.00. The van der Waals surface area contributed by atoms with E-state index in [-0.39, 0.29) is 18.0 Å². The maximum atomic E-state index is 13.6. The lowest BCUT2D eigenvalue weighted by Crippen LogP contribution is -2.04. The Hall–Kier alpha value is -2.36. The van der Waals surface area contributed by atoms with Crippen molar-refractivity contribution in [2.24, 2.45) is 0 Å². The average molecular weight is 285 g/mol. The van der Waals surface area contributed by atoms with E-state index in [1.165, 1.54) is 18.7 Å². The second-order valence-electron chi connectivity index (χ2n) is 5.12. The van der Waals surface area contributed by atoms with Crippen LogP contribution in [0.4, 0.5) is 10.1 Å². The molecule has 3 rings (SSSR count). The number of rotatable bonds is 4. The van der Waals surface area contributed by atoms with Crippen molar-refractivity contribution in [3.8, 4) is 5.75 Å². The van der Waals surface area contributed by atoms with Crippen molar-refractivity contribution >= 4 is 11.5 Å². The number of hydrogen-bond acceptors (Lipinski definition) is 3. The molecule has 108 valence electrons. The molecule has 0 unspecified atom stereocenters. The van der Waals surface area contributed by atoms with Crippen LogP contribution in [0.15, 0.2) is 36.4 Å². The highest BCUT2D eigenvalue weighted by Crippen LogP contribution is 2.24. The Morgan fingerprint density at radius 3 is 2.90 bits per heavy atom. The van der Waals surface area contributed by atoms with Gasteiger partial charge in [-0.05, 0) is 47.9 Å². The summed E-state index contributed by atoms with van der Waals surface area (Å²) in [5.41, 5.74) is 3.59. The summed E-state index contributed by atoms with van der Waals surface area (Å²) in [6, 6.07) is 10.3. The van der Waals surface area contributed by atoms with Gasteiger partial charge in [-0.1, -0.05) is 6.07 Å². The zero-order chi connectivity index (χ0) is 14.8. The second kappa shape index (κ2) is 5.56. The molecule has 0 fully saturated rings. The van der Waals surface area contributed by atoms with E-state index in [0.29, 0.717) is 11.1 Å². The number of hydrogen-bond donors (Lipinski definition) is 1. The molecule has 0 aliphatic carbocycles. The number of anilines is 1. The highest BCUT2D eigenvalue weighted by Gasteiger charge is 2.14. The quantitative estimate of drug-likeness (QED) is 0.877. The van der Waals surface area contributed by atoms with E-state index in [2.05, 4.69) is 5.32 Å². The fourth-order valence-corrected chi connectivity index (χ4v) is 2.59. The first-order valence-electron chi connectivity index (χ1n) is 6.90. The Morgan fingerprint density at radius 2 is 2.14 bits per heavy atom. The molecule has 2 aromatic carbocycles. The van der Waals surface area contributed by atoms with Crippen LogP contribution in [-0.4, -0.2) is 19.4 Å². The van der Waals surface area contributed by atoms with Gasteiger partial charge in [-0.2, -0.15) is 0 Å². The molecule has 0 saturated carbocycles. The predicted molar refractivity (Wildman–Crippen MR) is 79.6 cm³/mol. The Morgan fingerprint density at radius 1 is 1.29 bits per heavy atom. The number of ketones is 1. The number of Topliss-reactive ketones (excluding diaryl/α,β-unsaturated/α-hetero) is 1. The summed E-state index contributed by atoms with van der Waals surface area (Å²) in [7, 11) is 1.42. The van der Waals surface area contributed by atoms with E-state index in [1.807, 2.05) is 18.2 Å². The van der Waals surface area contributed by atoms with Crippen LogP contribution < -0.4 is 10.1 Å². The van der Waals surface area contributed by atoms with Crippen molar-refractivity contribution in [1.29, 1.82) is 0 Å². The minimum Gasteiger partial charge on any atom is -0.494 e. The normalized spacial score (nSPS) is 12.7. The zero-order valence-corrected chi connectivity index (χ0v) is 11.8. The van der Waals surface area contributed by atoms with Crippen LogP contribution in [0.3, 0.4) is 0 Å².